The van der Waals surface area contributed by atoms with E-state index < -0.39 is 0 Å². The molecule has 2 aliphatic rings. The second-order valence-electron chi connectivity index (χ2n) is 7.48. The molecule has 0 aromatic heterocycles. The minimum Gasteiger partial charge on any atom is -0.381 e. The van der Waals surface area contributed by atoms with E-state index in [-0.39, 0.29) is 42.7 Å². The van der Waals surface area contributed by atoms with E-state index in [1.54, 1.807) is 23.1 Å². The van der Waals surface area contributed by atoms with Crippen LogP contribution in [0.2, 0.25) is 0 Å². The quantitative estimate of drug-likeness (QED) is 0.743. The average molecular weight is 392 g/mol. The van der Waals surface area contributed by atoms with Gasteiger partial charge >= 0.3 is 0 Å². The maximum Gasteiger partial charge on any atom is 0.249 e. The van der Waals surface area contributed by atoms with E-state index >= 15 is 0 Å². The summed E-state index contributed by atoms with van der Waals surface area (Å²) < 4.78 is 24.4. The van der Waals surface area contributed by atoms with Gasteiger partial charge in [0.25, 0.3) is 0 Å². The summed E-state index contributed by atoms with van der Waals surface area (Å²) >= 11 is 0. The van der Waals surface area contributed by atoms with Gasteiger partial charge in [0.1, 0.15) is 12.4 Å². The lowest BCUT2D eigenvalue weighted by molar-refractivity contribution is -0.147. The number of nitrogens with zero attached hydrogens (tertiary/aromatic N) is 2. The molecule has 0 aliphatic carbocycles. The molecule has 2 amide bonds. The second-order valence-corrected chi connectivity index (χ2v) is 7.48. The highest BCUT2D eigenvalue weighted by atomic mass is 19.1. The molecule has 1 aromatic carbocycles. The zero-order valence-electron chi connectivity index (χ0n) is 16.4. The van der Waals surface area contributed by atoms with Crippen molar-refractivity contribution in [2.45, 2.75) is 44.2 Å². The Hall–Kier alpha value is -1.99. The lowest BCUT2D eigenvalue weighted by Crippen LogP contribution is -2.57. The van der Waals surface area contributed by atoms with Crippen molar-refractivity contribution >= 4 is 11.8 Å². The highest BCUT2D eigenvalue weighted by molar-refractivity contribution is 5.80. The molecule has 1 aromatic rings. The van der Waals surface area contributed by atoms with Crippen LogP contribution >= 0.6 is 0 Å². The van der Waals surface area contributed by atoms with E-state index in [0.29, 0.717) is 31.9 Å². The smallest absolute Gasteiger partial charge is 0.249 e. The highest BCUT2D eigenvalue weighted by Gasteiger charge is 2.35. The number of methoxy groups -OCH3 is 1. The Morgan fingerprint density at radius 2 is 1.96 bits per heavy atom. The number of piperidine rings is 1. The van der Waals surface area contributed by atoms with Crippen molar-refractivity contribution in [3.8, 4) is 0 Å². The van der Waals surface area contributed by atoms with Crippen LogP contribution in [0.4, 0.5) is 4.39 Å². The molecular formula is C21H29FN2O4. The van der Waals surface area contributed by atoms with Crippen LogP contribution in [0.1, 0.15) is 31.2 Å². The summed E-state index contributed by atoms with van der Waals surface area (Å²) in [4.78, 5) is 29.2. The van der Waals surface area contributed by atoms with Gasteiger partial charge in [-0.2, -0.15) is 0 Å². The Balaban J connectivity index is 1.69. The number of carbonyl (C=O) groups excluding carboxylic acids is 2. The molecule has 1 unspecified atom stereocenters. The van der Waals surface area contributed by atoms with Gasteiger partial charge in [-0.1, -0.05) is 18.2 Å². The van der Waals surface area contributed by atoms with Gasteiger partial charge in [0, 0.05) is 45.5 Å². The first-order chi connectivity index (χ1) is 13.6. The zero-order valence-corrected chi connectivity index (χ0v) is 16.4. The Morgan fingerprint density at radius 3 is 2.68 bits per heavy atom. The van der Waals surface area contributed by atoms with Crippen molar-refractivity contribution in [1.82, 2.24) is 9.80 Å². The van der Waals surface area contributed by atoms with E-state index in [4.69, 9.17) is 9.47 Å². The van der Waals surface area contributed by atoms with Gasteiger partial charge in [-0.25, -0.2) is 4.39 Å². The molecule has 0 bridgehead atoms. The molecule has 0 N–H and O–H groups in total. The maximum absolute atomic E-state index is 13.9. The van der Waals surface area contributed by atoms with Crippen molar-refractivity contribution in [2.24, 2.45) is 0 Å². The summed E-state index contributed by atoms with van der Waals surface area (Å²) in [6.45, 7) is 2.45. The largest absolute Gasteiger partial charge is 0.381 e. The summed E-state index contributed by atoms with van der Waals surface area (Å²) in [5.41, 5.74) is 0.409. The number of likely N-dealkylation sites (tertiary alicyclic amines) is 1. The molecule has 2 saturated heterocycles. The fraction of sp³-hybridized carbons (Fsp3) is 0.619. The molecule has 2 aliphatic heterocycles. The lowest BCUT2D eigenvalue weighted by Gasteiger charge is -2.44. The molecule has 2 fully saturated rings. The van der Waals surface area contributed by atoms with E-state index in [0.717, 1.165) is 25.7 Å². The van der Waals surface area contributed by atoms with Gasteiger partial charge in [0.15, 0.2) is 0 Å². The number of rotatable bonds is 6. The standard InChI is InChI=1S/C21H29FN2O4/c1-27-15-21(26)24(17-8-11-28-12-9-17)18-6-4-10-23(14-18)20(25)13-16-5-2-3-7-19(16)22/h2-3,5,7,17-18H,4,6,8-15H2,1H3. The number of amides is 2. The Morgan fingerprint density at radius 1 is 1.21 bits per heavy atom. The van der Waals surface area contributed by atoms with E-state index in [1.807, 2.05) is 4.90 Å². The Kier molecular flexibility index (Phi) is 7.39. The first kappa shape index (κ1) is 20.7. The van der Waals surface area contributed by atoms with Gasteiger partial charge < -0.3 is 19.3 Å². The third-order valence-corrected chi connectivity index (χ3v) is 5.58. The van der Waals surface area contributed by atoms with Crippen LogP contribution in [0.3, 0.4) is 0 Å². The summed E-state index contributed by atoms with van der Waals surface area (Å²) in [5.74, 6) is -0.493. The Bertz CT molecular complexity index is 678. The highest BCUT2D eigenvalue weighted by Crippen LogP contribution is 2.24. The third kappa shape index (κ3) is 5.08. The number of halogens is 1. The number of hydrogen-bond acceptors (Lipinski definition) is 4. The van der Waals surface area contributed by atoms with E-state index in [2.05, 4.69) is 0 Å². The predicted molar refractivity (Wildman–Crippen MR) is 102 cm³/mol. The number of ether oxygens (including phenoxy) is 2. The minimum atomic E-state index is -0.358. The number of benzene rings is 1. The van der Waals surface area contributed by atoms with Gasteiger partial charge in [-0.15, -0.1) is 0 Å². The van der Waals surface area contributed by atoms with Crippen LogP contribution in [-0.4, -0.2) is 73.7 Å². The number of hydrogen-bond donors (Lipinski definition) is 0. The molecule has 7 heteroatoms. The summed E-state index contributed by atoms with van der Waals surface area (Å²) in [6, 6.07) is 6.45. The van der Waals surface area contributed by atoms with Crippen LogP contribution in [0.25, 0.3) is 0 Å². The van der Waals surface area contributed by atoms with E-state index in [1.165, 1.54) is 13.2 Å². The fourth-order valence-corrected chi connectivity index (χ4v) is 4.19. The SMILES string of the molecule is COCC(=O)N(C1CCOCC1)C1CCCN(C(=O)Cc2ccccc2F)C1. The monoisotopic (exact) mass is 392 g/mol. The van der Waals surface area contributed by atoms with E-state index in [9.17, 15) is 14.0 Å². The average Bonchev–Trinajstić information content (AvgIpc) is 2.71. The molecule has 154 valence electrons. The summed E-state index contributed by atoms with van der Waals surface area (Å²) in [6.07, 6.45) is 3.33. The molecule has 1 atom stereocenters. The summed E-state index contributed by atoms with van der Waals surface area (Å²) in [7, 11) is 1.52. The van der Waals surface area contributed by atoms with Crippen molar-refractivity contribution in [2.75, 3.05) is 40.0 Å². The molecule has 2 heterocycles. The minimum absolute atomic E-state index is 0.0379. The van der Waals surface area contributed by atoms with Crippen LogP contribution in [0, 0.1) is 5.82 Å². The molecular weight excluding hydrogens is 363 g/mol. The zero-order chi connectivity index (χ0) is 19.9. The van der Waals surface area contributed by atoms with Crippen LogP contribution in [-0.2, 0) is 25.5 Å². The number of carbonyl (C=O) groups is 2. The van der Waals surface area contributed by atoms with Crippen molar-refractivity contribution in [1.29, 1.82) is 0 Å². The second kappa shape index (κ2) is 9.98. The maximum atomic E-state index is 13.9. The van der Waals surface area contributed by atoms with Crippen molar-refractivity contribution < 1.29 is 23.5 Å². The van der Waals surface area contributed by atoms with Crippen LogP contribution < -0.4 is 0 Å². The topological polar surface area (TPSA) is 59.1 Å². The van der Waals surface area contributed by atoms with Crippen LogP contribution in [0.15, 0.2) is 24.3 Å². The van der Waals surface area contributed by atoms with Crippen molar-refractivity contribution in [3.63, 3.8) is 0 Å². The van der Waals surface area contributed by atoms with Gasteiger partial charge in [0.2, 0.25) is 11.8 Å². The van der Waals surface area contributed by atoms with Gasteiger partial charge in [-0.3, -0.25) is 9.59 Å². The fourth-order valence-electron chi connectivity index (χ4n) is 4.19. The first-order valence-corrected chi connectivity index (χ1v) is 9.99. The molecule has 0 saturated carbocycles. The molecule has 0 radical (unpaired) electrons. The first-order valence-electron chi connectivity index (χ1n) is 9.99. The normalized spacial score (nSPS) is 20.8. The van der Waals surface area contributed by atoms with Gasteiger partial charge in [0.05, 0.1) is 6.42 Å². The predicted octanol–water partition coefficient (Wildman–Crippen LogP) is 2.01. The molecule has 28 heavy (non-hydrogen) atoms. The Labute approximate surface area is 165 Å². The summed E-state index contributed by atoms with van der Waals surface area (Å²) in [5, 5.41) is 0. The molecule has 3 rings (SSSR count). The lowest BCUT2D eigenvalue weighted by atomic mass is 9.98. The van der Waals surface area contributed by atoms with Gasteiger partial charge in [-0.05, 0) is 37.3 Å². The van der Waals surface area contributed by atoms with Crippen molar-refractivity contribution in [3.05, 3.63) is 35.6 Å². The third-order valence-electron chi connectivity index (χ3n) is 5.58. The molecule has 6 nitrogen and oxygen atoms in total. The van der Waals surface area contributed by atoms with Crippen LogP contribution in [0.5, 0.6) is 0 Å². The molecule has 0 spiro atoms.